The molecule has 1 aliphatic rings. The lowest BCUT2D eigenvalue weighted by atomic mass is 10.2. The number of nitrogens with zero attached hydrogens (tertiary/aromatic N) is 1. The maximum absolute atomic E-state index is 12.8. The molecule has 3 amide bonds. The average Bonchev–Trinajstić information content (AvgIpc) is 3.03. The Morgan fingerprint density at radius 2 is 1.94 bits per heavy atom. The number of carbonyl (C=O) groups excluding carboxylic acids is 4. The first-order chi connectivity index (χ1) is 16.2. The van der Waals surface area contributed by atoms with Gasteiger partial charge >= 0.3 is 5.97 Å². The quantitative estimate of drug-likeness (QED) is 0.304. The Morgan fingerprint density at radius 1 is 1.18 bits per heavy atom. The number of anilines is 1. The summed E-state index contributed by atoms with van der Waals surface area (Å²) < 4.78 is 11.7. The number of esters is 1. The number of nitrogens with one attached hydrogen (secondary N) is 1. The van der Waals surface area contributed by atoms with E-state index in [0.717, 1.165) is 4.90 Å². The van der Waals surface area contributed by atoms with Crippen LogP contribution in [-0.4, -0.2) is 47.7 Å². The van der Waals surface area contributed by atoms with Crippen LogP contribution in [0.4, 0.5) is 10.5 Å². The van der Waals surface area contributed by atoms with E-state index in [0.29, 0.717) is 42.7 Å². The van der Waals surface area contributed by atoms with E-state index in [4.69, 9.17) is 21.1 Å². The van der Waals surface area contributed by atoms with E-state index in [1.165, 1.54) is 6.08 Å². The third-order valence-electron chi connectivity index (χ3n) is 4.29. The topological polar surface area (TPSA) is 102 Å². The van der Waals surface area contributed by atoms with Gasteiger partial charge in [0.05, 0.1) is 16.5 Å². The minimum absolute atomic E-state index is 0.114. The smallest absolute Gasteiger partial charge is 0.344 e. The molecular formula is C22H17Br2ClN2O6S. The molecule has 0 bridgehead atoms. The molecule has 0 atom stereocenters. The number of amides is 3. The third kappa shape index (κ3) is 6.84. The number of rotatable bonds is 8. The van der Waals surface area contributed by atoms with E-state index in [1.54, 1.807) is 43.3 Å². The fourth-order valence-electron chi connectivity index (χ4n) is 2.80. The Morgan fingerprint density at radius 3 is 2.65 bits per heavy atom. The van der Waals surface area contributed by atoms with Gasteiger partial charge in [0.15, 0.2) is 6.61 Å². The first-order valence-corrected chi connectivity index (χ1v) is 12.5. The van der Waals surface area contributed by atoms with Gasteiger partial charge in [-0.15, -0.1) is 0 Å². The van der Waals surface area contributed by atoms with E-state index in [9.17, 15) is 19.2 Å². The van der Waals surface area contributed by atoms with Gasteiger partial charge in [-0.3, -0.25) is 19.3 Å². The maximum atomic E-state index is 12.8. The molecule has 0 spiro atoms. The fourth-order valence-corrected chi connectivity index (χ4v) is 4.43. The number of benzene rings is 2. The van der Waals surface area contributed by atoms with Gasteiger partial charge in [-0.1, -0.05) is 27.5 Å². The molecule has 0 unspecified atom stereocenters. The summed E-state index contributed by atoms with van der Waals surface area (Å²) in [5.41, 5.74) is 0.899. The van der Waals surface area contributed by atoms with Crippen molar-refractivity contribution < 1.29 is 28.7 Å². The molecule has 1 saturated heterocycles. The molecule has 178 valence electrons. The van der Waals surface area contributed by atoms with Gasteiger partial charge in [-0.25, -0.2) is 4.79 Å². The Bertz CT molecular complexity index is 1190. The van der Waals surface area contributed by atoms with Crippen molar-refractivity contribution in [3.8, 4) is 5.75 Å². The number of hydrogen-bond donors (Lipinski definition) is 1. The normalized spacial score (nSPS) is 14.5. The molecule has 34 heavy (non-hydrogen) atoms. The second-order valence-electron chi connectivity index (χ2n) is 6.72. The number of halogens is 3. The van der Waals surface area contributed by atoms with Gasteiger partial charge in [0.25, 0.3) is 11.1 Å². The zero-order valence-corrected chi connectivity index (χ0v) is 22.3. The van der Waals surface area contributed by atoms with Crippen molar-refractivity contribution in [3.05, 3.63) is 60.8 Å². The number of thioether (sulfide) groups is 1. The molecular weight excluding hydrogens is 616 g/mol. The SMILES string of the molecule is CCOC(=O)COc1ccc(Br)cc1/C=C1/SC(=O)N(CC(=O)Nc2ccc(Br)c(Cl)c2)C1=O. The van der Waals surface area contributed by atoms with Gasteiger partial charge in [0.2, 0.25) is 5.91 Å². The maximum Gasteiger partial charge on any atom is 0.344 e. The van der Waals surface area contributed by atoms with Gasteiger partial charge in [-0.2, -0.15) is 0 Å². The van der Waals surface area contributed by atoms with E-state index in [-0.39, 0.29) is 18.1 Å². The van der Waals surface area contributed by atoms with Gasteiger partial charge < -0.3 is 14.8 Å². The van der Waals surface area contributed by atoms with E-state index >= 15 is 0 Å². The highest BCUT2D eigenvalue weighted by molar-refractivity contribution is 9.10. The van der Waals surface area contributed by atoms with Gasteiger partial charge in [-0.05, 0) is 77.1 Å². The lowest BCUT2D eigenvalue weighted by Gasteiger charge is -2.13. The molecule has 1 heterocycles. The molecule has 12 heteroatoms. The highest BCUT2D eigenvalue weighted by atomic mass is 79.9. The second kappa shape index (κ2) is 11.9. The molecule has 3 rings (SSSR count). The summed E-state index contributed by atoms with van der Waals surface area (Å²) in [6.07, 6.45) is 1.47. The highest BCUT2D eigenvalue weighted by Gasteiger charge is 2.36. The van der Waals surface area contributed by atoms with Crippen molar-refractivity contribution in [2.75, 3.05) is 25.1 Å². The molecule has 0 saturated carbocycles. The average molecular weight is 633 g/mol. The van der Waals surface area contributed by atoms with Gasteiger partial charge in [0.1, 0.15) is 12.3 Å². The molecule has 0 aliphatic carbocycles. The Hall–Kier alpha value is -2.34. The molecule has 0 aromatic heterocycles. The van der Waals surface area contributed by atoms with Crippen molar-refractivity contribution in [3.63, 3.8) is 0 Å². The molecule has 1 fully saturated rings. The summed E-state index contributed by atoms with van der Waals surface area (Å²) in [4.78, 5) is 50.3. The van der Waals surface area contributed by atoms with Crippen LogP contribution in [0.15, 0.2) is 50.2 Å². The highest BCUT2D eigenvalue weighted by Crippen LogP contribution is 2.35. The largest absolute Gasteiger partial charge is 0.481 e. The number of carbonyl (C=O) groups is 4. The zero-order chi connectivity index (χ0) is 24.8. The van der Waals surface area contributed by atoms with Crippen LogP contribution >= 0.6 is 55.2 Å². The van der Waals surface area contributed by atoms with Crippen LogP contribution in [0, 0.1) is 0 Å². The monoisotopic (exact) mass is 630 g/mol. The molecule has 1 N–H and O–H groups in total. The van der Waals surface area contributed by atoms with Crippen molar-refractivity contribution in [1.82, 2.24) is 4.90 Å². The van der Waals surface area contributed by atoms with Crippen molar-refractivity contribution in [2.45, 2.75) is 6.92 Å². The van der Waals surface area contributed by atoms with E-state index in [1.807, 2.05) is 0 Å². The minimum atomic E-state index is -0.615. The van der Waals surface area contributed by atoms with Crippen LogP contribution in [0.25, 0.3) is 6.08 Å². The van der Waals surface area contributed by atoms with Crippen LogP contribution < -0.4 is 10.1 Å². The third-order valence-corrected chi connectivity index (χ3v) is 6.92. The lowest BCUT2D eigenvalue weighted by Crippen LogP contribution is -2.36. The lowest BCUT2D eigenvalue weighted by molar-refractivity contribution is -0.145. The molecule has 2 aromatic carbocycles. The molecule has 8 nitrogen and oxygen atoms in total. The summed E-state index contributed by atoms with van der Waals surface area (Å²) in [7, 11) is 0. The van der Waals surface area contributed by atoms with Crippen LogP contribution in [0.1, 0.15) is 12.5 Å². The summed E-state index contributed by atoms with van der Waals surface area (Å²) in [6, 6.07) is 9.85. The Kier molecular flexibility index (Phi) is 9.17. The van der Waals surface area contributed by atoms with Crippen LogP contribution in [0.5, 0.6) is 5.75 Å². The summed E-state index contributed by atoms with van der Waals surface area (Å²) in [6.45, 7) is 1.15. The first-order valence-electron chi connectivity index (χ1n) is 9.76. The molecule has 0 radical (unpaired) electrons. The molecule has 1 aliphatic heterocycles. The number of imide groups is 1. The summed E-state index contributed by atoms with van der Waals surface area (Å²) >= 11 is 13.3. The van der Waals surface area contributed by atoms with Crippen molar-refractivity contribution >= 4 is 90.0 Å². The Balaban J connectivity index is 1.73. The summed E-state index contributed by atoms with van der Waals surface area (Å²) in [5, 5.41) is 2.43. The molecule has 2 aromatic rings. The van der Waals surface area contributed by atoms with Gasteiger partial charge in [0, 0.05) is 20.2 Å². The van der Waals surface area contributed by atoms with E-state index in [2.05, 4.69) is 37.2 Å². The second-order valence-corrected chi connectivity index (χ2v) is 9.89. The number of ether oxygens (including phenoxy) is 2. The Labute approximate surface area is 221 Å². The predicted octanol–water partition coefficient (Wildman–Crippen LogP) is 5.48. The van der Waals surface area contributed by atoms with Crippen molar-refractivity contribution in [2.24, 2.45) is 0 Å². The fraction of sp³-hybridized carbons (Fsp3) is 0.182. The predicted molar refractivity (Wildman–Crippen MR) is 137 cm³/mol. The summed E-state index contributed by atoms with van der Waals surface area (Å²) in [5.74, 6) is -1.37. The van der Waals surface area contributed by atoms with E-state index < -0.39 is 29.6 Å². The van der Waals surface area contributed by atoms with Crippen LogP contribution in [-0.2, 0) is 19.1 Å². The van der Waals surface area contributed by atoms with Crippen molar-refractivity contribution in [1.29, 1.82) is 0 Å². The van der Waals surface area contributed by atoms with Crippen LogP contribution in [0.2, 0.25) is 5.02 Å². The zero-order valence-electron chi connectivity index (χ0n) is 17.6. The minimum Gasteiger partial charge on any atom is -0.481 e. The number of hydrogen-bond acceptors (Lipinski definition) is 7. The standard InChI is InChI=1S/C22H17Br2ClN2O6S/c1-2-32-20(29)11-33-17-6-3-13(23)7-12(17)8-18-21(30)27(22(31)34-18)10-19(28)26-14-4-5-15(24)16(25)9-14/h3-9H,2,10-11H2,1H3,(H,26,28)/b18-8+. The first kappa shape index (κ1) is 26.3. The van der Waals surface area contributed by atoms with Crippen LogP contribution in [0.3, 0.4) is 0 Å².